The molecule has 3 aliphatic carbocycles. The fourth-order valence-electron chi connectivity index (χ4n) is 9.98. The van der Waals surface area contributed by atoms with E-state index in [9.17, 15) is 29.1 Å². The summed E-state index contributed by atoms with van der Waals surface area (Å²) in [5, 5.41) is 13.6. The van der Waals surface area contributed by atoms with Crippen LogP contribution in [0, 0.1) is 16.7 Å². The summed E-state index contributed by atoms with van der Waals surface area (Å²) in [5.74, 6) is -5.16. The molecule has 2 bridgehead atoms. The number of hydrogen-bond acceptors (Lipinski definition) is 14. The Kier molecular flexibility index (Phi) is 11.8. The standard InChI is InChI=1S/C48H50O14/c1-27-35(57-28(2)49)25-48(55)43(61-44(54)32-14-10-8-11-15-32)41-46(7,42(53)40(58-29(3)50)39(27)45(48,5)6)36(24-37-47(41,26-56-37)62-30(4)51)60-38(52)23-20-31-18-21-34(22-19-31)59-33-16-12-9-13-17-33/h8-23,35-37,40-41,43,55H,24-26H2,1-7H3/b23-20+/t35-,36-,37+,40+,41-,43-,46+,47-,48+/m0/s1. The molecule has 14 heteroatoms. The van der Waals surface area contributed by atoms with Gasteiger partial charge in [0.2, 0.25) is 0 Å². The van der Waals surface area contributed by atoms with Crippen molar-refractivity contribution >= 4 is 41.7 Å². The van der Waals surface area contributed by atoms with Crippen molar-refractivity contribution in [2.24, 2.45) is 16.7 Å². The van der Waals surface area contributed by atoms with Gasteiger partial charge in [-0.05, 0) is 73.0 Å². The van der Waals surface area contributed by atoms with E-state index in [4.69, 9.17) is 33.2 Å². The maximum Gasteiger partial charge on any atom is 0.338 e. The van der Waals surface area contributed by atoms with Crippen LogP contribution in [-0.4, -0.2) is 89.1 Å². The highest BCUT2D eigenvalue weighted by Crippen LogP contribution is 2.65. The van der Waals surface area contributed by atoms with Crippen LogP contribution in [-0.2, 0) is 52.4 Å². The van der Waals surface area contributed by atoms with Gasteiger partial charge in [0.15, 0.2) is 17.5 Å². The second-order valence-electron chi connectivity index (χ2n) is 17.1. The largest absolute Gasteiger partial charge is 0.458 e. The van der Waals surface area contributed by atoms with Gasteiger partial charge in [-0.1, -0.05) is 62.4 Å². The van der Waals surface area contributed by atoms with Gasteiger partial charge in [-0.25, -0.2) is 9.59 Å². The maximum atomic E-state index is 15.9. The van der Waals surface area contributed by atoms with Crippen LogP contribution in [0.5, 0.6) is 11.5 Å². The highest BCUT2D eigenvalue weighted by molar-refractivity contribution is 5.96. The van der Waals surface area contributed by atoms with Crippen molar-refractivity contribution in [3.63, 3.8) is 0 Å². The summed E-state index contributed by atoms with van der Waals surface area (Å²) in [6, 6.07) is 24.1. The van der Waals surface area contributed by atoms with E-state index in [1.807, 2.05) is 30.3 Å². The first-order valence-electron chi connectivity index (χ1n) is 20.4. The zero-order chi connectivity index (χ0) is 44.8. The van der Waals surface area contributed by atoms with Gasteiger partial charge in [0.25, 0.3) is 0 Å². The third kappa shape index (κ3) is 7.70. The van der Waals surface area contributed by atoms with Gasteiger partial charge in [0.05, 0.1) is 23.5 Å². The lowest BCUT2D eigenvalue weighted by Crippen LogP contribution is -2.82. The number of esters is 5. The van der Waals surface area contributed by atoms with Crippen molar-refractivity contribution in [3.05, 3.63) is 113 Å². The summed E-state index contributed by atoms with van der Waals surface area (Å²) in [6.45, 7) is 9.51. The van der Waals surface area contributed by atoms with Crippen LogP contribution < -0.4 is 4.74 Å². The summed E-state index contributed by atoms with van der Waals surface area (Å²) >= 11 is 0. The molecule has 9 atom stereocenters. The van der Waals surface area contributed by atoms with Crippen molar-refractivity contribution in [1.82, 2.24) is 0 Å². The highest BCUT2D eigenvalue weighted by atomic mass is 16.6. The van der Waals surface area contributed by atoms with E-state index in [1.165, 1.54) is 45.1 Å². The van der Waals surface area contributed by atoms with E-state index in [1.54, 1.807) is 63.2 Å². The van der Waals surface area contributed by atoms with E-state index in [-0.39, 0.29) is 30.6 Å². The number of hydrogen-bond donors (Lipinski definition) is 1. The average Bonchev–Trinajstić information content (AvgIpc) is 3.21. The van der Waals surface area contributed by atoms with Gasteiger partial charge >= 0.3 is 29.8 Å². The Morgan fingerprint density at radius 1 is 0.774 bits per heavy atom. The second-order valence-corrected chi connectivity index (χ2v) is 17.1. The monoisotopic (exact) mass is 850 g/mol. The predicted molar refractivity (Wildman–Crippen MR) is 220 cm³/mol. The van der Waals surface area contributed by atoms with E-state index in [0.717, 1.165) is 6.92 Å². The molecule has 0 amide bonds. The van der Waals surface area contributed by atoms with E-state index < -0.39 is 94.1 Å². The van der Waals surface area contributed by atoms with Crippen molar-refractivity contribution in [2.45, 2.75) is 103 Å². The molecule has 4 aliphatic rings. The molecule has 3 fully saturated rings. The van der Waals surface area contributed by atoms with Gasteiger partial charge in [-0.2, -0.15) is 0 Å². The first-order valence-corrected chi connectivity index (χ1v) is 20.4. The smallest absolute Gasteiger partial charge is 0.338 e. The molecule has 2 saturated carbocycles. The van der Waals surface area contributed by atoms with Gasteiger partial charge in [0, 0.05) is 45.1 Å². The predicted octanol–water partition coefficient (Wildman–Crippen LogP) is 6.28. The van der Waals surface area contributed by atoms with E-state index in [2.05, 4.69) is 0 Å². The molecule has 326 valence electrons. The number of ether oxygens (including phenoxy) is 7. The molecule has 1 heterocycles. The van der Waals surface area contributed by atoms with Crippen LogP contribution in [0.2, 0.25) is 0 Å². The molecule has 0 spiro atoms. The first-order chi connectivity index (χ1) is 29.3. The average molecular weight is 851 g/mol. The van der Waals surface area contributed by atoms with Crippen LogP contribution in [0.3, 0.4) is 0 Å². The topological polar surface area (TPSA) is 187 Å². The lowest BCUT2D eigenvalue weighted by Gasteiger charge is -2.67. The van der Waals surface area contributed by atoms with Crippen LogP contribution in [0.1, 0.15) is 77.2 Å². The summed E-state index contributed by atoms with van der Waals surface area (Å²) in [7, 11) is 0. The molecule has 1 N–H and O–H groups in total. The number of benzene rings is 3. The van der Waals surface area contributed by atoms with Gasteiger partial charge in [-0.3, -0.25) is 19.2 Å². The fraction of sp³-hybridized carbons (Fsp3) is 0.417. The third-order valence-corrected chi connectivity index (χ3v) is 13.0. The fourth-order valence-corrected chi connectivity index (χ4v) is 9.98. The highest BCUT2D eigenvalue weighted by Gasteiger charge is 2.79. The molecule has 1 saturated heterocycles. The molecule has 0 aromatic heterocycles. The zero-order valence-electron chi connectivity index (χ0n) is 35.6. The van der Waals surface area contributed by atoms with Crippen LogP contribution in [0.4, 0.5) is 0 Å². The van der Waals surface area contributed by atoms with Gasteiger partial charge in [-0.15, -0.1) is 0 Å². The van der Waals surface area contributed by atoms with E-state index in [0.29, 0.717) is 22.6 Å². The quantitative estimate of drug-likeness (QED) is 0.104. The molecule has 3 aromatic carbocycles. The Balaban J connectivity index is 1.37. The Labute approximate surface area is 359 Å². The number of carbonyl (C=O) groups excluding carboxylic acids is 6. The third-order valence-electron chi connectivity index (χ3n) is 13.0. The number of rotatable bonds is 10. The summed E-state index contributed by atoms with van der Waals surface area (Å²) in [6.07, 6.45) is -4.95. The number of Topliss-reactive ketones (excluding diaryl/α,β-unsaturated/α-hetero) is 1. The molecule has 0 radical (unpaired) electrons. The normalized spacial score (nSPS) is 30.9. The lowest BCUT2D eigenvalue weighted by atomic mass is 9.44. The minimum atomic E-state index is -2.26. The molecular formula is C48H50O14. The van der Waals surface area contributed by atoms with Crippen LogP contribution in [0.25, 0.3) is 6.08 Å². The summed E-state index contributed by atoms with van der Waals surface area (Å²) < 4.78 is 42.5. The molecule has 0 unspecified atom stereocenters. The number of ketones is 1. The molecule has 7 rings (SSSR count). The zero-order valence-corrected chi connectivity index (χ0v) is 35.6. The van der Waals surface area contributed by atoms with Crippen molar-refractivity contribution in [2.75, 3.05) is 6.61 Å². The molecular weight excluding hydrogens is 801 g/mol. The molecule has 3 aromatic rings. The van der Waals surface area contributed by atoms with E-state index >= 15 is 4.79 Å². The Hall–Kier alpha value is -6.12. The first kappa shape index (κ1) is 44.0. The summed E-state index contributed by atoms with van der Waals surface area (Å²) in [5.41, 5.74) is -6.46. The number of para-hydroxylation sites is 1. The maximum absolute atomic E-state index is 15.9. The van der Waals surface area contributed by atoms with Crippen LogP contribution >= 0.6 is 0 Å². The van der Waals surface area contributed by atoms with Crippen LogP contribution in [0.15, 0.2) is 102 Å². The Bertz CT molecular complexity index is 2320. The number of aliphatic hydroxyl groups is 1. The van der Waals surface area contributed by atoms with Crippen molar-refractivity contribution in [1.29, 1.82) is 0 Å². The van der Waals surface area contributed by atoms with Crippen molar-refractivity contribution < 1.29 is 67.0 Å². The Morgan fingerprint density at radius 3 is 1.97 bits per heavy atom. The second kappa shape index (κ2) is 16.6. The lowest BCUT2D eigenvalue weighted by molar-refractivity contribution is -0.346. The number of fused-ring (bicyclic) bond motifs is 5. The minimum Gasteiger partial charge on any atom is -0.458 e. The number of carbonyl (C=O) groups is 6. The summed E-state index contributed by atoms with van der Waals surface area (Å²) in [4.78, 5) is 82.9. The minimum absolute atomic E-state index is 0.104. The van der Waals surface area contributed by atoms with Gasteiger partial charge in [0.1, 0.15) is 41.5 Å². The molecule has 1 aliphatic heterocycles. The van der Waals surface area contributed by atoms with Gasteiger partial charge < -0.3 is 38.3 Å². The SMILES string of the molecule is CC(=O)O[C@H]1C(=O)[C@]2(C)[C@@H](OC(=O)/C=C/c3ccc(Oc4ccccc4)cc3)C[C@H]3OC[C@@]3(OC(C)=O)[C@H]2[C@H](OC(=O)c2ccccc2)[C@]2(O)C[C@H](OC(C)=O)C(C)=C1C2(C)C. The molecule has 14 nitrogen and oxygen atoms in total. The Morgan fingerprint density at radius 2 is 1.39 bits per heavy atom. The molecule has 62 heavy (non-hydrogen) atoms. The van der Waals surface area contributed by atoms with Crippen molar-refractivity contribution in [3.8, 4) is 11.5 Å².